The molecule has 0 saturated carbocycles. The Morgan fingerprint density at radius 2 is 2.07 bits per heavy atom. The minimum atomic E-state index is -2.27. The lowest BCUT2D eigenvalue weighted by Crippen LogP contribution is -2.42. The van der Waals surface area contributed by atoms with Crippen molar-refractivity contribution in [3.8, 4) is 0 Å². The molecule has 0 aromatic rings. The van der Waals surface area contributed by atoms with Gasteiger partial charge in [0.1, 0.15) is 11.4 Å². The summed E-state index contributed by atoms with van der Waals surface area (Å²) in [6.45, 7) is 4.35. The SMILES string of the molecule is CCC[C@](CF)(C(N)=C(C)C)S(=O)O. The third-order valence-electron chi connectivity index (χ3n) is 2.23. The van der Waals surface area contributed by atoms with Gasteiger partial charge in [0.15, 0.2) is 11.1 Å². The molecule has 14 heavy (non-hydrogen) atoms. The zero-order chi connectivity index (χ0) is 11.4. The molecule has 3 nitrogen and oxygen atoms in total. The zero-order valence-electron chi connectivity index (χ0n) is 8.84. The normalized spacial score (nSPS) is 17.2. The number of rotatable bonds is 5. The highest BCUT2D eigenvalue weighted by molar-refractivity contribution is 7.81. The fraction of sp³-hybridized carbons (Fsp3) is 0.778. The van der Waals surface area contributed by atoms with Crippen LogP contribution in [0.2, 0.25) is 0 Å². The van der Waals surface area contributed by atoms with E-state index in [1.165, 1.54) is 0 Å². The molecule has 0 aliphatic rings. The van der Waals surface area contributed by atoms with Crippen molar-refractivity contribution in [3.63, 3.8) is 0 Å². The number of alkyl halides is 1. The molecule has 0 rings (SSSR count). The van der Waals surface area contributed by atoms with Crippen molar-refractivity contribution < 1.29 is 13.2 Å². The van der Waals surface area contributed by atoms with Gasteiger partial charge >= 0.3 is 0 Å². The first-order valence-corrected chi connectivity index (χ1v) is 5.63. The molecule has 84 valence electrons. The summed E-state index contributed by atoms with van der Waals surface area (Å²) in [5.41, 5.74) is 6.57. The van der Waals surface area contributed by atoms with Gasteiger partial charge < -0.3 is 10.3 Å². The quantitative estimate of drug-likeness (QED) is 0.700. The van der Waals surface area contributed by atoms with Crippen LogP contribution in [0.3, 0.4) is 0 Å². The minimum Gasteiger partial charge on any atom is -0.401 e. The first-order chi connectivity index (χ1) is 6.42. The van der Waals surface area contributed by atoms with Gasteiger partial charge in [0.2, 0.25) is 0 Å². The topological polar surface area (TPSA) is 63.3 Å². The van der Waals surface area contributed by atoms with Crippen molar-refractivity contribution in [2.45, 2.75) is 38.4 Å². The van der Waals surface area contributed by atoms with Crippen LogP contribution >= 0.6 is 0 Å². The molecule has 0 fully saturated rings. The van der Waals surface area contributed by atoms with E-state index >= 15 is 0 Å². The van der Waals surface area contributed by atoms with E-state index in [0.717, 1.165) is 0 Å². The molecule has 0 aromatic carbocycles. The standard InChI is InChI=1S/C9H18FNO2S/c1-4-5-9(6-10,14(12)13)8(11)7(2)3/h4-6,11H2,1-3H3,(H,12,13)/t9-/m0/s1. The van der Waals surface area contributed by atoms with E-state index < -0.39 is 22.5 Å². The van der Waals surface area contributed by atoms with Crippen LogP contribution in [0.15, 0.2) is 11.3 Å². The Labute approximate surface area is 86.9 Å². The average Bonchev–Trinajstić information content (AvgIpc) is 2.12. The van der Waals surface area contributed by atoms with Gasteiger partial charge in [0.05, 0.1) is 0 Å². The molecule has 0 amide bonds. The summed E-state index contributed by atoms with van der Waals surface area (Å²) in [6, 6.07) is 0. The van der Waals surface area contributed by atoms with Crippen LogP contribution in [-0.4, -0.2) is 20.2 Å². The largest absolute Gasteiger partial charge is 0.401 e. The Morgan fingerprint density at radius 1 is 1.57 bits per heavy atom. The van der Waals surface area contributed by atoms with Gasteiger partial charge in [-0.15, -0.1) is 0 Å². The van der Waals surface area contributed by atoms with Gasteiger partial charge in [-0.25, -0.2) is 8.60 Å². The summed E-state index contributed by atoms with van der Waals surface area (Å²) < 4.78 is 31.8. The molecule has 0 bridgehead atoms. The van der Waals surface area contributed by atoms with E-state index in [9.17, 15) is 8.60 Å². The molecule has 2 atom stereocenters. The molecule has 0 aliphatic carbocycles. The smallest absolute Gasteiger partial charge is 0.167 e. The lowest BCUT2D eigenvalue weighted by molar-refractivity contribution is 0.378. The second-order valence-electron chi connectivity index (χ2n) is 3.54. The van der Waals surface area contributed by atoms with Crippen molar-refractivity contribution in [2.24, 2.45) is 5.73 Å². The maximum atomic E-state index is 12.9. The molecule has 0 aromatic heterocycles. The molecule has 0 heterocycles. The van der Waals surface area contributed by atoms with E-state index in [0.29, 0.717) is 12.0 Å². The van der Waals surface area contributed by atoms with E-state index in [2.05, 4.69) is 0 Å². The van der Waals surface area contributed by atoms with Crippen molar-refractivity contribution in [1.29, 1.82) is 0 Å². The van der Waals surface area contributed by atoms with E-state index in [1.807, 2.05) is 6.92 Å². The first kappa shape index (κ1) is 13.6. The number of nitrogens with two attached hydrogens (primary N) is 1. The van der Waals surface area contributed by atoms with E-state index in [-0.39, 0.29) is 12.1 Å². The highest BCUT2D eigenvalue weighted by Crippen LogP contribution is 2.28. The Morgan fingerprint density at radius 3 is 2.29 bits per heavy atom. The van der Waals surface area contributed by atoms with Gasteiger partial charge in [-0.05, 0) is 20.3 Å². The third kappa shape index (κ3) is 2.54. The number of hydrogen-bond donors (Lipinski definition) is 2. The zero-order valence-corrected chi connectivity index (χ0v) is 9.66. The summed E-state index contributed by atoms with van der Waals surface area (Å²) in [6.07, 6.45) is 0.897. The van der Waals surface area contributed by atoms with Crippen molar-refractivity contribution >= 4 is 11.1 Å². The molecule has 0 aliphatic heterocycles. The van der Waals surface area contributed by atoms with Crippen LogP contribution in [0.4, 0.5) is 4.39 Å². The second-order valence-corrected chi connectivity index (χ2v) is 4.82. The van der Waals surface area contributed by atoms with Crippen LogP contribution < -0.4 is 5.73 Å². The predicted octanol–water partition coefficient (Wildman–Crippen LogP) is 1.97. The number of allylic oxidation sites excluding steroid dienone is 1. The molecule has 3 N–H and O–H groups in total. The van der Waals surface area contributed by atoms with Gasteiger partial charge in [0.25, 0.3) is 0 Å². The van der Waals surface area contributed by atoms with Crippen molar-refractivity contribution in [2.75, 3.05) is 6.67 Å². The molecule has 0 spiro atoms. The highest BCUT2D eigenvalue weighted by atomic mass is 32.2. The summed E-state index contributed by atoms with van der Waals surface area (Å²) in [5, 5.41) is 0. The molecular formula is C9H18FNO2S. The number of hydrogen-bond acceptors (Lipinski definition) is 2. The fourth-order valence-corrected chi connectivity index (χ4v) is 2.23. The summed E-state index contributed by atoms with van der Waals surface area (Å²) in [7, 11) is 0. The lowest BCUT2D eigenvalue weighted by Gasteiger charge is -2.28. The summed E-state index contributed by atoms with van der Waals surface area (Å²) in [5.74, 6) is 0. The van der Waals surface area contributed by atoms with Crippen LogP contribution in [0, 0.1) is 0 Å². The summed E-state index contributed by atoms with van der Waals surface area (Å²) >= 11 is -2.27. The Kier molecular flexibility index (Phi) is 5.29. The predicted molar refractivity (Wildman–Crippen MR) is 56.9 cm³/mol. The van der Waals surface area contributed by atoms with Gasteiger partial charge in [0, 0.05) is 5.70 Å². The third-order valence-corrected chi connectivity index (χ3v) is 3.44. The molecule has 0 saturated heterocycles. The van der Waals surface area contributed by atoms with Crippen LogP contribution in [0.25, 0.3) is 0 Å². The molecule has 1 unspecified atom stereocenters. The maximum absolute atomic E-state index is 12.9. The van der Waals surface area contributed by atoms with Crippen LogP contribution in [-0.2, 0) is 11.1 Å². The van der Waals surface area contributed by atoms with E-state index in [1.54, 1.807) is 13.8 Å². The maximum Gasteiger partial charge on any atom is 0.167 e. The molecular weight excluding hydrogens is 205 g/mol. The lowest BCUT2D eigenvalue weighted by atomic mass is 9.97. The minimum absolute atomic E-state index is 0.197. The van der Waals surface area contributed by atoms with Crippen LogP contribution in [0.5, 0.6) is 0 Å². The second kappa shape index (κ2) is 5.46. The van der Waals surface area contributed by atoms with E-state index in [4.69, 9.17) is 10.3 Å². The van der Waals surface area contributed by atoms with Gasteiger partial charge in [-0.2, -0.15) is 0 Å². The molecule has 5 heteroatoms. The fourth-order valence-electron chi connectivity index (χ4n) is 1.36. The van der Waals surface area contributed by atoms with Gasteiger partial charge in [-0.3, -0.25) is 0 Å². The van der Waals surface area contributed by atoms with Gasteiger partial charge in [-0.1, -0.05) is 18.9 Å². The van der Waals surface area contributed by atoms with Crippen molar-refractivity contribution in [1.82, 2.24) is 0 Å². The highest BCUT2D eigenvalue weighted by Gasteiger charge is 2.39. The Balaban J connectivity index is 5.25. The van der Waals surface area contributed by atoms with Crippen LogP contribution in [0.1, 0.15) is 33.6 Å². The molecule has 0 radical (unpaired) electrons. The monoisotopic (exact) mass is 223 g/mol. The average molecular weight is 223 g/mol. The Bertz CT molecular complexity index is 251. The summed E-state index contributed by atoms with van der Waals surface area (Å²) in [4.78, 5) is 0. The van der Waals surface area contributed by atoms with Crippen molar-refractivity contribution in [3.05, 3.63) is 11.3 Å². The first-order valence-electron chi connectivity index (χ1n) is 4.52. The Hall–Kier alpha value is -0.420. The number of halogens is 1.